The van der Waals surface area contributed by atoms with E-state index < -0.39 is 19.9 Å². The Morgan fingerprint density at radius 2 is 1.88 bits per heavy atom. The second kappa shape index (κ2) is 5.25. The Morgan fingerprint density at radius 3 is 2.38 bits per heavy atom. The van der Waals surface area contributed by atoms with Crippen molar-refractivity contribution >= 4 is 13.8 Å². The molecule has 88 valence electrons. The number of carbonyl (C=O) groups is 1. The number of carbonyl (C=O) groups excluding carboxylic acids is 1. The van der Waals surface area contributed by atoms with Gasteiger partial charge in [0.15, 0.2) is 0 Å². The molecule has 16 heavy (non-hydrogen) atoms. The predicted molar refractivity (Wildman–Crippen MR) is 57.9 cm³/mol. The fourth-order valence-corrected chi connectivity index (χ4v) is 1.91. The van der Waals surface area contributed by atoms with Gasteiger partial charge in [0, 0.05) is 0 Å². The molecule has 0 saturated heterocycles. The lowest BCUT2D eigenvalue weighted by Gasteiger charge is -2.13. The van der Waals surface area contributed by atoms with Gasteiger partial charge in [0.25, 0.3) is 0 Å². The van der Waals surface area contributed by atoms with Gasteiger partial charge < -0.3 is 4.52 Å². The van der Waals surface area contributed by atoms with E-state index in [4.69, 9.17) is 0 Å². The molecule has 0 radical (unpaired) electrons. The van der Waals surface area contributed by atoms with Crippen LogP contribution in [0.1, 0.15) is 24.2 Å². The molecule has 1 rings (SSSR count). The summed E-state index contributed by atoms with van der Waals surface area (Å²) in [5.41, 5.74) is 0.198. The van der Waals surface area contributed by atoms with E-state index in [1.165, 1.54) is 12.1 Å². The van der Waals surface area contributed by atoms with Gasteiger partial charge in [-0.05, 0) is 26.0 Å². The quantitative estimate of drug-likeness (QED) is 0.823. The molecule has 0 aliphatic heterocycles. The third-order valence-electron chi connectivity index (χ3n) is 1.55. The van der Waals surface area contributed by atoms with Crippen LogP contribution in [0.25, 0.3) is 0 Å². The van der Waals surface area contributed by atoms with Crippen LogP contribution in [0.5, 0.6) is 0 Å². The van der Waals surface area contributed by atoms with Crippen LogP contribution in [-0.2, 0) is 13.6 Å². The molecule has 0 amide bonds. The largest absolute Gasteiger partial charge is 0.530 e. The van der Waals surface area contributed by atoms with Crippen molar-refractivity contribution in [2.45, 2.75) is 20.0 Å². The van der Waals surface area contributed by atoms with E-state index in [2.05, 4.69) is 9.05 Å². The van der Waals surface area contributed by atoms with Gasteiger partial charge in [-0.25, -0.2) is 9.36 Å². The van der Waals surface area contributed by atoms with Crippen LogP contribution in [0.2, 0.25) is 0 Å². The summed E-state index contributed by atoms with van der Waals surface area (Å²) in [6, 6.07) is 7.94. The maximum absolute atomic E-state index is 11.4. The SMILES string of the molecule is CC(C)OP(=O)(O)OC(=O)c1ccccc1. The summed E-state index contributed by atoms with van der Waals surface area (Å²) >= 11 is 0. The molecule has 1 aromatic rings. The van der Waals surface area contributed by atoms with Gasteiger partial charge in [-0.2, -0.15) is 0 Å². The Bertz CT molecular complexity index is 401. The highest BCUT2D eigenvalue weighted by atomic mass is 31.2. The highest BCUT2D eigenvalue weighted by Gasteiger charge is 2.28. The summed E-state index contributed by atoms with van der Waals surface area (Å²) < 4.78 is 20.3. The Morgan fingerprint density at radius 1 is 1.31 bits per heavy atom. The summed E-state index contributed by atoms with van der Waals surface area (Å²) in [5.74, 6) is -0.882. The van der Waals surface area contributed by atoms with E-state index in [0.717, 1.165) is 0 Å². The molecule has 0 heterocycles. The topological polar surface area (TPSA) is 72.8 Å². The molecule has 0 fully saturated rings. The maximum Gasteiger partial charge on any atom is 0.530 e. The van der Waals surface area contributed by atoms with Crippen molar-refractivity contribution < 1.29 is 23.3 Å². The third kappa shape index (κ3) is 4.14. The van der Waals surface area contributed by atoms with Crippen molar-refractivity contribution in [1.82, 2.24) is 0 Å². The van der Waals surface area contributed by atoms with E-state index in [9.17, 15) is 14.3 Å². The first-order valence-electron chi connectivity index (χ1n) is 4.71. The highest BCUT2D eigenvalue weighted by molar-refractivity contribution is 7.48. The van der Waals surface area contributed by atoms with Crippen LogP contribution in [0.4, 0.5) is 0 Å². The summed E-state index contributed by atoms with van der Waals surface area (Å²) in [5, 5.41) is 0. The minimum Gasteiger partial charge on any atom is -0.367 e. The molecule has 5 nitrogen and oxygen atoms in total. The molecule has 0 bridgehead atoms. The minimum atomic E-state index is -4.32. The van der Waals surface area contributed by atoms with Crippen LogP contribution in [0.3, 0.4) is 0 Å². The fraction of sp³-hybridized carbons (Fsp3) is 0.300. The molecule has 0 saturated carbocycles. The van der Waals surface area contributed by atoms with Crippen molar-refractivity contribution in [2.24, 2.45) is 0 Å². The van der Waals surface area contributed by atoms with Gasteiger partial charge in [-0.15, -0.1) is 0 Å². The molecule has 0 aromatic heterocycles. The Balaban J connectivity index is 2.68. The van der Waals surface area contributed by atoms with Crippen LogP contribution in [0, 0.1) is 0 Å². The smallest absolute Gasteiger partial charge is 0.367 e. The molecule has 1 N–H and O–H groups in total. The number of hydrogen-bond donors (Lipinski definition) is 1. The lowest BCUT2D eigenvalue weighted by atomic mass is 10.2. The van der Waals surface area contributed by atoms with Crippen LogP contribution in [0.15, 0.2) is 30.3 Å². The average Bonchev–Trinajstić information content (AvgIpc) is 2.16. The van der Waals surface area contributed by atoms with Gasteiger partial charge in [-0.1, -0.05) is 18.2 Å². The van der Waals surface area contributed by atoms with Crippen LogP contribution in [-0.4, -0.2) is 17.0 Å². The standard InChI is InChI=1S/C10H13O5P/c1-8(2)14-16(12,13)15-10(11)9-6-4-3-5-7-9/h3-8H,1-2H3,(H,12,13). The molecule has 0 aliphatic rings. The summed E-state index contributed by atoms with van der Waals surface area (Å²) in [6.45, 7) is 3.14. The number of rotatable bonds is 4. The molecular formula is C10H13O5P. The second-order valence-electron chi connectivity index (χ2n) is 3.37. The van der Waals surface area contributed by atoms with E-state index in [1.54, 1.807) is 32.0 Å². The van der Waals surface area contributed by atoms with E-state index in [-0.39, 0.29) is 5.56 Å². The molecular weight excluding hydrogens is 231 g/mol. The Kier molecular flexibility index (Phi) is 4.24. The lowest BCUT2D eigenvalue weighted by Crippen LogP contribution is -2.08. The van der Waals surface area contributed by atoms with Gasteiger partial charge in [0.1, 0.15) is 0 Å². The lowest BCUT2D eigenvalue weighted by molar-refractivity contribution is 0.0612. The molecule has 1 unspecified atom stereocenters. The van der Waals surface area contributed by atoms with Gasteiger partial charge in [0.05, 0.1) is 11.7 Å². The monoisotopic (exact) mass is 244 g/mol. The van der Waals surface area contributed by atoms with Crippen LogP contribution >= 0.6 is 7.82 Å². The third-order valence-corrected chi connectivity index (χ3v) is 2.64. The zero-order chi connectivity index (χ0) is 12.2. The zero-order valence-electron chi connectivity index (χ0n) is 8.99. The number of benzene rings is 1. The van der Waals surface area contributed by atoms with E-state index in [1.807, 2.05) is 0 Å². The number of phosphoric acid groups is 1. The maximum atomic E-state index is 11.4. The number of hydrogen-bond acceptors (Lipinski definition) is 4. The van der Waals surface area contributed by atoms with Gasteiger partial charge in [0.2, 0.25) is 0 Å². The van der Waals surface area contributed by atoms with Crippen molar-refractivity contribution in [1.29, 1.82) is 0 Å². The first kappa shape index (κ1) is 12.9. The van der Waals surface area contributed by atoms with Crippen molar-refractivity contribution in [3.63, 3.8) is 0 Å². The molecule has 0 aliphatic carbocycles. The molecule has 1 aromatic carbocycles. The van der Waals surface area contributed by atoms with E-state index >= 15 is 0 Å². The predicted octanol–water partition coefficient (Wildman–Crippen LogP) is 2.37. The van der Waals surface area contributed by atoms with Gasteiger partial charge >= 0.3 is 13.8 Å². The highest BCUT2D eigenvalue weighted by Crippen LogP contribution is 2.45. The van der Waals surface area contributed by atoms with Crippen molar-refractivity contribution in [3.05, 3.63) is 35.9 Å². The summed E-state index contributed by atoms with van der Waals surface area (Å²) in [7, 11) is -4.32. The molecule has 1 atom stereocenters. The fourth-order valence-electron chi connectivity index (χ4n) is 1.02. The molecule has 0 spiro atoms. The first-order valence-corrected chi connectivity index (χ1v) is 6.20. The number of phosphoric ester groups is 1. The molecule has 6 heteroatoms. The van der Waals surface area contributed by atoms with E-state index in [0.29, 0.717) is 0 Å². The van der Waals surface area contributed by atoms with Gasteiger partial charge in [-0.3, -0.25) is 9.42 Å². The van der Waals surface area contributed by atoms with Crippen LogP contribution < -0.4 is 0 Å². The summed E-state index contributed by atoms with van der Waals surface area (Å²) in [6.07, 6.45) is -0.501. The first-order chi connectivity index (χ1) is 7.41. The second-order valence-corrected chi connectivity index (χ2v) is 4.70. The normalized spacial score (nSPS) is 14.5. The average molecular weight is 244 g/mol. The summed E-state index contributed by atoms with van der Waals surface area (Å²) in [4.78, 5) is 20.6. The Hall–Kier alpha value is -1.16. The zero-order valence-corrected chi connectivity index (χ0v) is 9.89. The van der Waals surface area contributed by atoms with Crippen molar-refractivity contribution in [3.8, 4) is 0 Å². The van der Waals surface area contributed by atoms with Crippen molar-refractivity contribution in [2.75, 3.05) is 0 Å². The Labute approximate surface area is 93.6 Å². The minimum absolute atomic E-state index is 0.198.